The number of nitrogens with zero attached hydrogens (tertiary/aromatic N) is 2. The number of rotatable bonds is 1. The Hall–Kier alpha value is -0.150. The van der Waals surface area contributed by atoms with Crippen molar-refractivity contribution in [2.45, 2.75) is 31.7 Å². The van der Waals surface area contributed by atoms with E-state index in [0.29, 0.717) is 19.1 Å². The molecule has 0 amide bonds. The van der Waals surface area contributed by atoms with E-state index in [1.54, 1.807) is 0 Å². The van der Waals surface area contributed by atoms with Gasteiger partial charge in [0.2, 0.25) is 0 Å². The molecule has 0 bridgehead atoms. The van der Waals surface area contributed by atoms with Gasteiger partial charge in [-0.3, -0.25) is 0 Å². The first-order valence-electron chi connectivity index (χ1n) is 5.01. The van der Waals surface area contributed by atoms with Gasteiger partial charge in [0.1, 0.15) is 0 Å². The van der Waals surface area contributed by atoms with E-state index in [9.17, 15) is 4.48 Å². The largest absolute Gasteiger partial charge is 0.300 e. The molecule has 2 aliphatic rings. The predicted octanol–water partition coefficient (Wildman–Crippen LogP) is 1.43. The van der Waals surface area contributed by atoms with Gasteiger partial charge in [-0.15, -0.1) is 9.60 Å². The van der Waals surface area contributed by atoms with Gasteiger partial charge in [0.15, 0.2) is 0 Å². The van der Waals surface area contributed by atoms with Crippen LogP contribution in [0.4, 0.5) is 4.48 Å². The predicted molar refractivity (Wildman–Crippen MR) is 46.5 cm³/mol. The zero-order chi connectivity index (χ0) is 8.39. The second kappa shape index (κ2) is 3.71. The van der Waals surface area contributed by atoms with E-state index >= 15 is 0 Å². The summed E-state index contributed by atoms with van der Waals surface area (Å²) in [6.45, 7) is 3.77. The lowest BCUT2D eigenvalue weighted by Crippen LogP contribution is -2.41. The minimum Gasteiger partial charge on any atom is -0.300 e. The molecule has 0 radical (unpaired) electrons. The van der Waals surface area contributed by atoms with Crippen molar-refractivity contribution in [2.24, 2.45) is 0 Å². The zero-order valence-corrected chi connectivity index (χ0v) is 7.51. The third-order valence-electron chi connectivity index (χ3n) is 3.07. The van der Waals surface area contributed by atoms with Crippen molar-refractivity contribution in [2.75, 3.05) is 26.2 Å². The third kappa shape index (κ3) is 1.77. The molecule has 0 atom stereocenters. The molecular weight excluding hydrogens is 155 g/mol. The van der Waals surface area contributed by atoms with Gasteiger partial charge in [-0.25, -0.2) is 0 Å². The van der Waals surface area contributed by atoms with Crippen LogP contribution in [0.5, 0.6) is 0 Å². The Kier molecular flexibility index (Phi) is 2.61. The van der Waals surface area contributed by atoms with Crippen LogP contribution in [0.1, 0.15) is 25.7 Å². The molecule has 2 saturated heterocycles. The molecule has 2 rings (SSSR count). The van der Waals surface area contributed by atoms with Gasteiger partial charge >= 0.3 is 0 Å². The van der Waals surface area contributed by atoms with Gasteiger partial charge in [0.05, 0.1) is 0 Å². The highest BCUT2D eigenvalue weighted by Gasteiger charge is 2.25. The molecule has 2 aliphatic heterocycles. The van der Waals surface area contributed by atoms with Crippen LogP contribution < -0.4 is 0 Å². The lowest BCUT2D eigenvalue weighted by atomic mass is 10.1. The van der Waals surface area contributed by atoms with Gasteiger partial charge < -0.3 is 4.90 Å². The highest BCUT2D eigenvalue weighted by molar-refractivity contribution is 4.80. The molecule has 70 valence electrons. The van der Waals surface area contributed by atoms with Crippen LogP contribution in [0.25, 0.3) is 0 Å². The normalized spacial score (nSPS) is 29.8. The maximum Gasteiger partial charge on any atom is 0.0305 e. The first-order valence-corrected chi connectivity index (χ1v) is 5.01. The Morgan fingerprint density at radius 3 is 2.08 bits per heavy atom. The van der Waals surface area contributed by atoms with E-state index in [4.69, 9.17) is 0 Å². The summed E-state index contributed by atoms with van der Waals surface area (Å²) in [5, 5.41) is 0.951. The van der Waals surface area contributed by atoms with Crippen molar-refractivity contribution in [3.8, 4) is 0 Å². The number of likely N-dealkylation sites (tertiary alicyclic amines) is 1. The average molecular weight is 172 g/mol. The Morgan fingerprint density at radius 2 is 1.50 bits per heavy atom. The standard InChI is InChI=1S/C9H17FN2/c10-12-7-3-9(4-8-12)11-5-1-2-6-11/h9H,1-8H2. The number of piperidine rings is 1. The molecular formula is C9H17FN2. The molecule has 0 aromatic carbocycles. The number of halogens is 1. The van der Waals surface area contributed by atoms with E-state index < -0.39 is 0 Å². The van der Waals surface area contributed by atoms with Gasteiger partial charge in [-0.05, 0) is 38.8 Å². The summed E-state index contributed by atoms with van der Waals surface area (Å²) in [4.78, 5) is 2.53. The van der Waals surface area contributed by atoms with Crippen molar-refractivity contribution in [3.63, 3.8) is 0 Å². The second-order valence-corrected chi connectivity index (χ2v) is 3.88. The summed E-state index contributed by atoms with van der Waals surface area (Å²) >= 11 is 0. The maximum atomic E-state index is 12.7. The first-order chi connectivity index (χ1) is 5.86. The van der Waals surface area contributed by atoms with Crippen LogP contribution in [0.3, 0.4) is 0 Å². The van der Waals surface area contributed by atoms with E-state index in [1.165, 1.54) is 25.9 Å². The van der Waals surface area contributed by atoms with Crippen molar-refractivity contribution in [3.05, 3.63) is 0 Å². The Labute approximate surface area is 73.3 Å². The minimum absolute atomic E-state index is 0.640. The Morgan fingerprint density at radius 1 is 0.917 bits per heavy atom. The summed E-state index contributed by atoms with van der Waals surface area (Å²) in [6, 6.07) is 0.680. The number of hydrogen-bond donors (Lipinski definition) is 0. The maximum absolute atomic E-state index is 12.7. The Balaban J connectivity index is 1.80. The van der Waals surface area contributed by atoms with Gasteiger partial charge in [0.25, 0.3) is 0 Å². The SMILES string of the molecule is FN1CCC(N2CCCC2)CC1. The quantitative estimate of drug-likeness (QED) is 0.552. The monoisotopic (exact) mass is 172 g/mol. The van der Waals surface area contributed by atoms with Crippen LogP contribution in [0.2, 0.25) is 0 Å². The van der Waals surface area contributed by atoms with Crippen LogP contribution >= 0.6 is 0 Å². The zero-order valence-electron chi connectivity index (χ0n) is 7.51. The molecule has 0 unspecified atom stereocenters. The fourth-order valence-electron chi connectivity index (χ4n) is 2.31. The van der Waals surface area contributed by atoms with Crippen LogP contribution in [-0.4, -0.2) is 42.2 Å². The molecule has 0 aromatic heterocycles. The smallest absolute Gasteiger partial charge is 0.0305 e. The van der Waals surface area contributed by atoms with Crippen LogP contribution in [-0.2, 0) is 0 Å². The highest BCUT2D eigenvalue weighted by Crippen LogP contribution is 2.20. The topological polar surface area (TPSA) is 6.48 Å². The van der Waals surface area contributed by atoms with Crippen molar-refractivity contribution < 1.29 is 4.48 Å². The van der Waals surface area contributed by atoms with E-state index in [0.717, 1.165) is 18.0 Å². The molecule has 12 heavy (non-hydrogen) atoms. The highest BCUT2D eigenvalue weighted by atomic mass is 19.2. The van der Waals surface area contributed by atoms with E-state index in [2.05, 4.69) is 4.90 Å². The van der Waals surface area contributed by atoms with E-state index in [1.807, 2.05) is 0 Å². The summed E-state index contributed by atoms with van der Waals surface area (Å²) < 4.78 is 12.7. The fourth-order valence-corrected chi connectivity index (χ4v) is 2.31. The molecule has 0 spiro atoms. The van der Waals surface area contributed by atoms with Crippen molar-refractivity contribution >= 4 is 0 Å². The molecule has 0 aliphatic carbocycles. The molecule has 2 heterocycles. The molecule has 3 heteroatoms. The number of hydrogen-bond acceptors (Lipinski definition) is 2. The summed E-state index contributed by atoms with van der Waals surface area (Å²) in [5.41, 5.74) is 0. The average Bonchev–Trinajstić information content (AvgIpc) is 2.58. The summed E-state index contributed by atoms with van der Waals surface area (Å²) in [7, 11) is 0. The first kappa shape index (κ1) is 8.45. The minimum atomic E-state index is 0.640. The van der Waals surface area contributed by atoms with Gasteiger partial charge in [-0.1, -0.05) is 0 Å². The molecule has 0 N–H and O–H groups in total. The van der Waals surface area contributed by atoms with Gasteiger partial charge in [-0.2, -0.15) is 0 Å². The molecule has 0 aromatic rings. The molecule has 2 nitrogen and oxygen atoms in total. The van der Waals surface area contributed by atoms with Crippen molar-refractivity contribution in [1.29, 1.82) is 0 Å². The van der Waals surface area contributed by atoms with E-state index in [-0.39, 0.29) is 0 Å². The second-order valence-electron chi connectivity index (χ2n) is 3.88. The van der Waals surface area contributed by atoms with Crippen LogP contribution in [0, 0.1) is 0 Å². The van der Waals surface area contributed by atoms with Crippen molar-refractivity contribution in [1.82, 2.24) is 10.0 Å². The molecule has 2 fully saturated rings. The Bertz CT molecular complexity index is 137. The fraction of sp³-hybridized carbons (Fsp3) is 1.00. The molecule has 0 saturated carbocycles. The summed E-state index contributed by atoms with van der Waals surface area (Å²) in [5.74, 6) is 0. The van der Waals surface area contributed by atoms with Gasteiger partial charge in [0, 0.05) is 19.1 Å². The van der Waals surface area contributed by atoms with Crippen LogP contribution in [0.15, 0.2) is 0 Å². The lowest BCUT2D eigenvalue weighted by Gasteiger charge is -2.32. The third-order valence-corrected chi connectivity index (χ3v) is 3.07. The summed E-state index contributed by atoms with van der Waals surface area (Å²) in [6.07, 6.45) is 4.73. The lowest BCUT2D eigenvalue weighted by molar-refractivity contribution is -0.0175.